The van der Waals surface area contributed by atoms with Gasteiger partial charge in [-0.15, -0.1) is 11.3 Å². The Morgan fingerprint density at radius 1 is 1.43 bits per heavy atom. The van der Waals surface area contributed by atoms with Gasteiger partial charge in [0.1, 0.15) is 0 Å². The number of piperidine rings is 1. The van der Waals surface area contributed by atoms with Crippen LogP contribution in [0.3, 0.4) is 0 Å². The Kier molecular flexibility index (Phi) is 6.58. The van der Waals surface area contributed by atoms with Gasteiger partial charge >= 0.3 is 6.18 Å². The largest absolute Gasteiger partial charge is 0.434 e. The molecule has 1 aliphatic heterocycles. The molecule has 28 heavy (non-hydrogen) atoms. The van der Waals surface area contributed by atoms with Crippen molar-refractivity contribution in [2.45, 2.75) is 38.9 Å². The first-order valence-corrected chi connectivity index (χ1v) is 10.3. The number of nitrogens with one attached hydrogen (secondary N) is 1. The lowest BCUT2D eigenvalue weighted by Gasteiger charge is -2.39. The smallest absolute Gasteiger partial charge is 0.357 e. The number of hydrogen-bond acceptors (Lipinski definition) is 4. The second-order valence-corrected chi connectivity index (χ2v) is 7.84. The Hall–Kier alpha value is -2.10. The van der Waals surface area contributed by atoms with Gasteiger partial charge < -0.3 is 14.8 Å². The Labute approximate surface area is 166 Å². The SMILES string of the molecule is CCNC(=NCCc1nc(C(F)(F)F)cs1)N1CCC(C)C(n2ccnc2)C1. The summed E-state index contributed by atoms with van der Waals surface area (Å²) < 4.78 is 40.2. The van der Waals surface area contributed by atoms with Crippen molar-refractivity contribution < 1.29 is 13.2 Å². The van der Waals surface area contributed by atoms with Crippen LogP contribution in [0.15, 0.2) is 29.1 Å². The molecule has 0 aromatic carbocycles. The summed E-state index contributed by atoms with van der Waals surface area (Å²) in [6.45, 7) is 7.09. The van der Waals surface area contributed by atoms with Crippen molar-refractivity contribution in [3.05, 3.63) is 34.8 Å². The fourth-order valence-corrected chi connectivity index (χ4v) is 4.13. The van der Waals surface area contributed by atoms with Crippen LogP contribution in [0.25, 0.3) is 0 Å². The van der Waals surface area contributed by atoms with E-state index in [0.717, 1.165) is 48.7 Å². The second kappa shape index (κ2) is 8.93. The minimum absolute atomic E-state index is 0.313. The number of imidazole rings is 1. The fraction of sp³-hybridized carbons (Fsp3) is 0.611. The van der Waals surface area contributed by atoms with E-state index in [2.05, 4.69) is 36.7 Å². The van der Waals surface area contributed by atoms with Crippen LogP contribution in [0, 0.1) is 5.92 Å². The first-order chi connectivity index (χ1) is 13.4. The molecule has 1 N–H and O–H groups in total. The number of thiazole rings is 1. The lowest BCUT2D eigenvalue weighted by atomic mass is 9.93. The highest BCUT2D eigenvalue weighted by Crippen LogP contribution is 2.30. The van der Waals surface area contributed by atoms with Crippen molar-refractivity contribution >= 4 is 17.3 Å². The molecule has 6 nitrogen and oxygen atoms in total. The monoisotopic (exact) mass is 414 g/mol. The maximum Gasteiger partial charge on any atom is 0.434 e. The standard InChI is InChI=1S/C18H25F3N6S/c1-3-23-17(24-6-4-16-25-15(11-28-16)18(19,20)21)26-8-5-13(2)14(10-26)27-9-7-22-12-27/h7,9,11-14H,3-6,8,10H2,1-2H3,(H,23,24). The molecule has 0 bridgehead atoms. The zero-order valence-corrected chi connectivity index (χ0v) is 16.8. The highest BCUT2D eigenvalue weighted by atomic mass is 32.1. The summed E-state index contributed by atoms with van der Waals surface area (Å²) in [5.74, 6) is 1.33. The first kappa shape index (κ1) is 20.6. The molecule has 3 heterocycles. The van der Waals surface area contributed by atoms with Gasteiger partial charge in [0.25, 0.3) is 0 Å². The maximum absolute atomic E-state index is 12.7. The lowest BCUT2D eigenvalue weighted by Crippen LogP contribution is -2.49. The van der Waals surface area contributed by atoms with Gasteiger partial charge in [-0.2, -0.15) is 13.2 Å². The minimum atomic E-state index is -4.39. The third-order valence-electron chi connectivity index (χ3n) is 4.89. The van der Waals surface area contributed by atoms with Crippen molar-refractivity contribution in [1.82, 2.24) is 24.8 Å². The molecule has 0 amide bonds. The van der Waals surface area contributed by atoms with Gasteiger partial charge in [-0.05, 0) is 19.3 Å². The van der Waals surface area contributed by atoms with Gasteiger partial charge in [-0.3, -0.25) is 4.99 Å². The molecule has 0 radical (unpaired) electrons. The number of likely N-dealkylation sites (tertiary alicyclic amines) is 1. The molecule has 3 rings (SSSR count). The summed E-state index contributed by atoms with van der Waals surface area (Å²) >= 11 is 1.03. The topological polar surface area (TPSA) is 58.3 Å². The van der Waals surface area contributed by atoms with E-state index in [1.54, 1.807) is 6.20 Å². The predicted octanol–water partition coefficient (Wildman–Crippen LogP) is 3.45. The highest BCUT2D eigenvalue weighted by Gasteiger charge is 2.33. The van der Waals surface area contributed by atoms with Crippen LogP contribution in [-0.2, 0) is 12.6 Å². The number of hydrogen-bond donors (Lipinski definition) is 1. The van der Waals surface area contributed by atoms with E-state index in [1.165, 1.54) is 0 Å². The number of aromatic nitrogens is 3. The summed E-state index contributed by atoms with van der Waals surface area (Å²) in [7, 11) is 0. The fourth-order valence-electron chi connectivity index (χ4n) is 3.33. The van der Waals surface area contributed by atoms with Crippen molar-refractivity contribution in [2.75, 3.05) is 26.2 Å². The predicted molar refractivity (Wildman–Crippen MR) is 103 cm³/mol. The molecule has 2 aromatic rings. The summed E-state index contributed by atoms with van der Waals surface area (Å²) in [5.41, 5.74) is -0.823. The van der Waals surface area contributed by atoms with Crippen LogP contribution in [0.4, 0.5) is 13.2 Å². The zero-order chi connectivity index (χ0) is 20.1. The number of aliphatic imine (C=N–C) groups is 1. The molecule has 154 valence electrons. The Morgan fingerprint density at radius 2 is 2.25 bits per heavy atom. The van der Waals surface area contributed by atoms with E-state index in [1.807, 2.05) is 19.4 Å². The van der Waals surface area contributed by atoms with Crippen LogP contribution in [-0.4, -0.2) is 51.6 Å². The van der Waals surface area contributed by atoms with Gasteiger partial charge in [0.15, 0.2) is 11.7 Å². The molecule has 1 aliphatic rings. The van der Waals surface area contributed by atoms with E-state index in [0.29, 0.717) is 29.9 Å². The van der Waals surface area contributed by atoms with Crippen molar-refractivity contribution in [2.24, 2.45) is 10.9 Å². The summed E-state index contributed by atoms with van der Waals surface area (Å²) in [6.07, 6.45) is 2.65. The van der Waals surface area contributed by atoms with Gasteiger partial charge in [0.05, 0.1) is 17.4 Å². The molecule has 0 spiro atoms. The summed E-state index contributed by atoms with van der Waals surface area (Å²) in [4.78, 5) is 14.7. The first-order valence-electron chi connectivity index (χ1n) is 9.40. The molecule has 2 aromatic heterocycles. The van der Waals surface area contributed by atoms with Crippen LogP contribution < -0.4 is 5.32 Å². The molecule has 2 unspecified atom stereocenters. The van der Waals surface area contributed by atoms with Crippen molar-refractivity contribution in [1.29, 1.82) is 0 Å². The van der Waals surface area contributed by atoms with E-state index in [-0.39, 0.29) is 0 Å². The molecule has 2 atom stereocenters. The molecule has 1 fully saturated rings. The Morgan fingerprint density at radius 3 is 2.89 bits per heavy atom. The number of halogens is 3. The van der Waals surface area contributed by atoms with Crippen LogP contribution in [0.1, 0.15) is 37.0 Å². The molecular weight excluding hydrogens is 389 g/mol. The average Bonchev–Trinajstić information content (AvgIpc) is 3.33. The van der Waals surface area contributed by atoms with Gasteiger partial charge in [0.2, 0.25) is 0 Å². The third-order valence-corrected chi connectivity index (χ3v) is 5.80. The minimum Gasteiger partial charge on any atom is -0.357 e. The number of rotatable bonds is 5. The van der Waals surface area contributed by atoms with Crippen LogP contribution in [0.5, 0.6) is 0 Å². The van der Waals surface area contributed by atoms with E-state index in [9.17, 15) is 13.2 Å². The Bertz CT molecular complexity index is 771. The van der Waals surface area contributed by atoms with Gasteiger partial charge in [-0.1, -0.05) is 6.92 Å². The van der Waals surface area contributed by atoms with Crippen molar-refractivity contribution in [3.63, 3.8) is 0 Å². The van der Waals surface area contributed by atoms with Crippen LogP contribution >= 0.6 is 11.3 Å². The normalized spacial score (nSPS) is 21.2. The molecule has 10 heteroatoms. The van der Waals surface area contributed by atoms with E-state index in [4.69, 9.17) is 0 Å². The third kappa shape index (κ3) is 5.03. The highest BCUT2D eigenvalue weighted by molar-refractivity contribution is 7.09. The van der Waals surface area contributed by atoms with Gasteiger partial charge in [0, 0.05) is 50.4 Å². The summed E-state index contributed by atoms with van der Waals surface area (Å²) in [6, 6.07) is 0.313. The molecular formula is C18H25F3N6S. The molecule has 1 saturated heterocycles. The maximum atomic E-state index is 12.7. The molecule has 0 saturated carbocycles. The van der Waals surface area contributed by atoms with Gasteiger partial charge in [-0.25, -0.2) is 9.97 Å². The number of alkyl halides is 3. The van der Waals surface area contributed by atoms with E-state index < -0.39 is 11.9 Å². The summed E-state index contributed by atoms with van der Waals surface area (Å²) in [5, 5.41) is 4.82. The lowest BCUT2D eigenvalue weighted by molar-refractivity contribution is -0.140. The quantitative estimate of drug-likeness (QED) is 0.602. The average molecular weight is 415 g/mol. The number of guanidine groups is 1. The Balaban J connectivity index is 1.64. The van der Waals surface area contributed by atoms with E-state index >= 15 is 0 Å². The zero-order valence-electron chi connectivity index (χ0n) is 16.0. The van der Waals surface area contributed by atoms with Crippen LogP contribution in [0.2, 0.25) is 0 Å². The van der Waals surface area contributed by atoms with Crippen molar-refractivity contribution in [3.8, 4) is 0 Å². The number of nitrogens with zero attached hydrogens (tertiary/aromatic N) is 5. The molecule has 0 aliphatic carbocycles. The second-order valence-electron chi connectivity index (χ2n) is 6.90.